The van der Waals surface area contributed by atoms with Gasteiger partial charge in [-0.15, -0.1) is 0 Å². The highest BCUT2D eigenvalue weighted by Crippen LogP contribution is 2.56. The molecule has 11 aromatic carbocycles. The Bertz CT molecular complexity index is 4670. The van der Waals surface area contributed by atoms with Crippen molar-refractivity contribution in [1.29, 1.82) is 5.26 Å². The van der Waals surface area contributed by atoms with Gasteiger partial charge in [0, 0.05) is 45.0 Å². The van der Waals surface area contributed by atoms with Crippen LogP contribution in [0.25, 0.3) is 71.6 Å². The Hall–Kier alpha value is -9.94. The fourth-order valence-corrected chi connectivity index (χ4v) is 16.1. The van der Waals surface area contributed by atoms with Crippen LogP contribution in [0.2, 0.25) is 0 Å². The van der Waals surface area contributed by atoms with Gasteiger partial charge in [0.15, 0.2) is 5.69 Å². The maximum atomic E-state index is 10.2. The molecule has 0 saturated heterocycles. The van der Waals surface area contributed by atoms with Crippen LogP contribution in [0.4, 0.5) is 39.8 Å². The van der Waals surface area contributed by atoms with Gasteiger partial charge in [-0.2, -0.15) is 5.26 Å². The van der Waals surface area contributed by atoms with E-state index in [-0.39, 0.29) is 39.2 Å². The molecular weight excluding hydrogens is 1240 g/mol. The normalized spacial score (nSPS) is 14.2. The third-order valence-corrected chi connectivity index (χ3v) is 22.5. The summed E-state index contributed by atoms with van der Waals surface area (Å²) in [5, 5.41) is 10.2. The Balaban J connectivity index is 1.19. The summed E-state index contributed by atoms with van der Waals surface area (Å²) in [5.74, 6) is 0.312. The van der Waals surface area contributed by atoms with E-state index in [9.17, 15) is 5.26 Å². The average Bonchev–Trinajstić information content (AvgIpc) is 0.686. The van der Waals surface area contributed by atoms with Crippen molar-refractivity contribution in [2.75, 3.05) is 9.80 Å². The molecule has 2 heterocycles. The minimum absolute atomic E-state index is 0.0547. The molecule has 2 aliphatic heterocycles. The molecule has 14 rings (SSSR count). The SMILES string of the molecule is [C-]#[N+]c1ccc(-c2ccc3c(c2)N(c2c(-c4ccc(C(C)(C)C)cc4)cc(C(C)(C)C)cc2-c2ccc(C(C)(C)C)cc2)c2cc(C4CCCCC4)cc4c2B3c2ccc(-c3ccc(C#N)cc3)cc2N4c2c(-c3ccc(C(C)(C)C)cc3)cc(C(C)(C)C)cc2-c2ccc(C(C)(C)C)cc2)cc1. The number of benzene rings is 11. The summed E-state index contributed by atoms with van der Waals surface area (Å²) in [6, 6.07) is 86.8. The average molecular weight is 1350 g/mol. The second kappa shape index (κ2) is 26.1. The highest BCUT2D eigenvalue weighted by atomic mass is 15.2. The lowest BCUT2D eigenvalue weighted by molar-refractivity contribution is 0.444. The molecule has 1 saturated carbocycles. The second-order valence-electron chi connectivity index (χ2n) is 36.0. The highest BCUT2D eigenvalue weighted by Gasteiger charge is 2.47. The van der Waals surface area contributed by atoms with Gasteiger partial charge in [0.25, 0.3) is 6.71 Å². The molecule has 0 N–H and O–H groups in total. The molecule has 0 atom stereocenters. The number of nitrogens with zero attached hydrogens (tertiary/aromatic N) is 4. The van der Waals surface area contributed by atoms with Crippen molar-refractivity contribution in [3.05, 3.63) is 274 Å². The van der Waals surface area contributed by atoms with Crippen molar-refractivity contribution < 1.29 is 0 Å². The fourth-order valence-electron chi connectivity index (χ4n) is 16.1. The Morgan fingerprint density at radius 1 is 0.340 bits per heavy atom. The Morgan fingerprint density at radius 2 is 0.641 bits per heavy atom. The zero-order chi connectivity index (χ0) is 73.0. The summed E-state index contributed by atoms with van der Waals surface area (Å²) >= 11 is 0. The minimum atomic E-state index is -0.229. The quantitative estimate of drug-likeness (QED) is 0.107. The molecule has 3 aliphatic rings. The molecule has 1 aliphatic carbocycles. The smallest absolute Gasteiger partial charge is 0.252 e. The third kappa shape index (κ3) is 13.4. The first kappa shape index (κ1) is 70.1. The zero-order valence-electron chi connectivity index (χ0n) is 64.3. The van der Waals surface area contributed by atoms with E-state index in [0.717, 1.165) is 69.0 Å². The molecule has 0 bridgehead atoms. The summed E-state index contributed by atoms with van der Waals surface area (Å²) < 4.78 is 0. The van der Waals surface area contributed by atoms with E-state index < -0.39 is 0 Å². The van der Waals surface area contributed by atoms with Gasteiger partial charge < -0.3 is 9.80 Å². The van der Waals surface area contributed by atoms with Crippen LogP contribution in [0.1, 0.15) is 207 Å². The van der Waals surface area contributed by atoms with Crippen LogP contribution >= 0.6 is 0 Å². The van der Waals surface area contributed by atoms with Crippen LogP contribution in [-0.4, -0.2) is 6.71 Å². The van der Waals surface area contributed by atoms with E-state index in [0.29, 0.717) is 17.2 Å². The fraction of sp³-hybridized carbons (Fsp3) is 0.306. The topological polar surface area (TPSA) is 34.6 Å². The number of nitriles is 1. The van der Waals surface area contributed by atoms with Crippen LogP contribution < -0.4 is 26.2 Å². The Kier molecular flexibility index (Phi) is 17.8. The van der Waals surface area contributed by atoms with Crippen molar-refractivity contribution >= 4 is 62.9 Å². The van der Waals surface area contributed by atoms with Gasteiger partial charge in [-0.3, -0.25) is 0 Å². The van der Waals surface area contributed by atoms with E-state index in [4.69, 9.17) is 6.57 Å². The maximum Gasteiger partial charge on any atom is 0.252 e. The molecule has 4 nitrogen and oxygen atoms in total. The molecule has 0 radical (unpaired) electrons. The van der Waals surface area contributed by atoms with Crippen LogP contribution in [0.15, 0.2) is 218 Å². The lowest BCUT2D eigenvalue weighted by atomic mass is 9.33. The third-order valence-electron chi connectivity index (χ3n) is 22.5. The summed E-state index contributed by atoms with van der Waals surface area (Å²) in [4.78, 5) is 9.35. The molecular formula is C98H101BN4. The Labute approximate surface area is 616 Å². The number of anilines is 6. The van der Waals surface area contributed by atoms with E-state index >= 15 is 0 Å². The molecule has 1 fully saturated rings. The zero-order valence-corrected chi connectivity index (χ0v) is 64.3. The predicted octanol–water partition coefficient (Wildman–Crippen LogP) is 26.0. The van der Waals surface area contributed by atoms with Crippen LogP contribution in [0.5, 0.6) is 0 Å². The van der Waals surface area contributed by atoms with Crippen LogP contribution in [0.3, 0.4) is 0 Å². The predicted molar refractivity (Wildman–Crippen MR) is 442 cm³/mol. The molecule has 0 amide bonds. The molecule has 516 valence electrons. The van der Waals surface area contributed by atoms with Crippen LogP contribution in [-0.2, 0) is 32.5 Å². The van der Waals surface area contributed by atoms with E-state index in [1.165, 1.54) is 119 Å². The Morgan fingerprint density at radius 3 is 0.942 bits per heavy atom. The second-order valence-corrected chi connectivity index (χ2v) is 36.0. The van der Waals surface area contributed by atoms with Gasteiger partial charge in [-0.1, -0.05) is 302 Å². The van der Waals surface area contributed by atoms with Gasteiger partial charge in [0.1, 0.15) is 0 Å². The standard InChI is InChI=1S/C98H101BN4/c1-93(2,3)73-41-29-66(30-42-73)80-57-77(97(13,14)15)58-81(67-31-43-74(44-32-67)94(4,5)6)91(80)102-86-53-70(64-27-25-62(61-100)26-28-64)39-51-84(86)99-85-52-40-71(65-37-49-79(101-19)50-38-65)54-87(85)103(89-56-72(55-88(102)90(89)99)63-23-21-20-22-24-63)92-82(68-33-45-75(46-34-68)95(7,8)9)59-78(98(16,17)18)60-83(92)69-35-47-76(48-36-69)96(10,11)12/h25-60,63H,20-24H2,1-18H3. The lowest BCUT2D eigenvalue weighted by Gasteiger charge is -2.46. The van der Waals surface area contributed by atoms with Gasteiger partial charge in [0.2, 0.25) is 0 Å². The summed E-state index contributed by atoms with van der Waals surface area (Å²) in [6.07, 6.45) is 5.80. The van der Waals surface area contributed by atoms with E-state index in [1.54, 1.807) is 0 Å². The largest absolute Gasteiger partial charge is 0.310 e. The van der Waals surface area contributed by atoms with Gasteiger partial charge >= 0.3 is 0 Å². The van der Waals surface area contributed by atoms with Crippen molar-refractivity contribution in [3.8, 4) is 72.8 Å². The first-order valence-corrected chi connectivity index (χ1v) is 37.6. The highest BCUT2D eigenvalue weighted by molar-refractivity contribution is 7.00. The summed E-state index contributed by atoms with van der Waals surface area (Å²) in [5.41, 5.74) is 33.9. The molecule has 5 heteroatoms. The summed E-state index contributed by atoms with van der Waals surface area (Å²) in [7, 11) is 0. The van der Waals surface area contributed by atoms with Gasteiger partial charge in [-0.25, -0.2) is 4.85 Å². The lowest BCUT2D eigenvalue weighted by Crippen LogP contribution is -2.61. The molecule has 11 aromatic rings. The first-order chi connectivity index (χ1) is 48.7. The van der Waals surface area contributed by atoms with Crippen molar-refractivity contribution in [3.63, 3.8) is 0 Å². The molecule has 0 aromatic heterocycles. The van der Waals surface area contributed by atoms with Crippen molar-refractivity contribution in [2.45, 2.75) is 195 Å². The molecule has 0 unspecified atom stereocenters. The van der Waals surface area contributed by atoms with Crippen LogP contribution in [0, 0.1) is 17.9 Å². The summed E-state index contributed by atoms with van der Waals surface area (Å²) in [6.45, 7) is 49.8. The monoisotopic (exact) mass is 1340 g/mol. The minimum Gasteiger partial charge on any atom is -0.310 e. The number of hydrogen-bond donors (Lipinski definition) is 0. The van der Waals surface area contributed by atoms with E-state index in [1.807, 2.05) is 24.3 Å². The van der Waals surface area contributed by atoms with E-state index in [2.05, 4.69) is 339 Å². The van der Waals surface area contributed by atoms with Gasteiger partial charge in [0.05, 0.1) is 29.6 Å². The van der Waals surface area contributed by atoms with Crippen molar-refractivity contribution in [2.24, 2.45) is 0 Å². The first-order valence-electron chi connectivity index (χ1n) is 37.6. The molecule has 0 spiro atoms. The number of hydrogen-bond acceptors (Lipinski definition) is 3. The maximum absolute atomic E-state index is 10.2. The van der Waals surface area contributed by atoms with Gasteiger partial charge in [-0.05, 0) is 212 Å². The molecule has 103 heavy (non-hydrogen) atoms. The number of rotatable bonds is 9. The van der Waals surface area contributed by atoms with Crippen molar-refractivity contribution in [1.82, 2.24) is 0 Å². The number of fused-ring (bicyclic) bond motifs is 4.